The molecule has 0 aliphatic rings. The van der Waals surface area contributed by atoms with E-state index in [1.165, 1.54) is 23.0 Å². The van der Waals surface area contributed by atoms with Crippen LogP contribution in [-0.4, -0.2) is 52.0 Å². The summed E-state index contributed by atoms with van der Waals surface area (Å²) in [6.45, 7) is 0.934. The normalized spacial score (nSPS) is 11.9. The number of aromatic nitrogens is 3. The summed E-state index contributed by atoms with van der Waals surface area (Å²) in [7, 11) is 1.18. The highest BCUT2D eigenvalue weighted by atomic mass is 19.4. The molecule has 0 aliphatic heterocycles. The van der Waals surface area contributed by atoms with Crippen molar-refractivity contribution in [3.63, 3.8) is 0 Å². The number of ether oxygens (including phenoxy) is 1. The maximum absolute atomic E-state index is 12.4. The number of carbonyl (C=O) groups is 1. The molecule has 108 valence electrons. The van der Waals surface area contributed by atoms with Crippen molar-refractivity contribution in [2.24, 2.45) is 0 Å². The van der Waals surface area contributed by atoms with E-state index in [-0.39, 0.29) is 19.0 Å². The van der Waals surface area contributed by atoms with E-state index >= 15 is 0 Å². The minimum atomic E-state index is -4.28. The molecule has 0 fully saturated rings. The van der Waals surface area contributed by atoms with Gasteiger partial charge in [-0.15, -0.1) is 5.10 Å². The van der Waals surface area contributed by atoms with E-state index in [2.05, 4.69) is 14.8 Å². The van der Waals surface area contributed by atoms with Crippen LogP contribution in [0.4, 0.5) is 13.2 Å². The van der Waals surface area contributed by atoms with Crippen molar-refractivity contribution in [1.82, 2.24) is 19.7 Å². The molecule has 0 radical (unpaired) electrons. The fourth-order valence-corrected chi connectivity index (χ4v) is 1.52. The average molecular weight is 280 g/mol. The second-order valence-electron chi connectivity index (χ2n) is 3.91. The summed E-state index contributed by atoms with van der Waals surface area (Å²) >= 11 is 0. The molecule has 0 aliphatic carbocycles. The van der Waals surface area contributed by atoms with Gasteiger partial charge in [-0.1, -0.05) is 6.92 Å². The standard InChI is InChI=1S/C10H15F3N4O2/c1-3-4-16(5-10(11,12)13)7-17-6-14-8(15-17)9(18)19-2/h6H,3-5,7H2,1-2H3. The fourth-order valence-electron chi connectivity index (χ4n) is 1.52. The average Bonchev–Trinajstić information content (AvgIpc) is 2.74. The van der Waals surface area contributed by atoms with Crippen LogP contribution in [0, 0.1) is 0 Å². The summed E-state index contributed by atoms with van der Waals surface area (Å²) < 4.78 is 42.7. The van der Waals surface area contributed by atoms with Crippen LogP contribution in [0.15, 0.2) is 6.33 Å². The molecule has 0 N–H and O–H groups in total. The van der Waals surface area contributed by atoms with Crippen LogP contribution in [0.2, 0.25) is 0 Å². The third-order valence-corrected chi connectivity index (χ3v) is 2.19. The van der Waals surface area contributed by atoms with Crippen molar-refractivity contribution < 1.29 is 22.7 Å². The third kappa shape index (κ3) is 5.25. The number of carbonyl (C=O) groups excluding carboxylic acids is 1. The van der Waals surface area contributed by atoms with Gasteiger partial charge >= 0.3 is 12.1 Å². The monoisotopic (exact) mass is 280 g/mol. The van der Waals surface area contributed by atoms with Gasteiger partial charge in [0.15, 0.2) is 0 Å². The van der Waals surface area contributed by atoms with Crippen molar-refractivity contribution in [3.8, 4) is 0 Å². The summed E-state index contributed by atoms with van der Waals surface area (Å²) in [4.78, 5) is 16.0. The van der Waals surface area contributed by atoms with Gasteiger partial charge in [0.05, 0.1) is 20.3 Å². The van der Waals surface area contributed by atoms with Gasteiger partial charge in [-0.05, 0) is 13.0 Å². The summed E-state index contributed by atoms with van der Waals surface area (Å²) in [5, 5.41) is 3.76. The van der Waals surface area contributed by atoms with E-state index in [0.717, 1.165) is 0 Å². The third-order valence-electron chi connectivity index (χ3n) is 2.19. The highest BCUT2D eigenvalue weighted by molar-refractivity contribution is 5.84. The van der Waals surface area contributed by atoms with Gasteiger partial charge in [-0.2, -0.15) is 13.2 Å². The van der Waals surface area contributed by atoms with Crippen LogP contribution >= 0.6 is 0 Å². The lowest BCUT2D eigenvalue weighted by Gasteiger charge is -2.22. The topological polar surface area (TPSA) is 60.2 Å². The van der Waals surface area contributed by atoms with Crippen LogP contribution in [0.25, 0.3) is 0 Å². The van der Waals surface area contributed by atoms with Gasteiger partial charge in [-0.25, -0.2) is 14.5 Å². The molecule has 0 saturated carbocycles. The number of alkyl halides is 3. The second kappa shape index (κ2) is 6.50. The maximum Gasteiger partial charge on any atom is 0.401 e. The number of esters is 1. The first-order valence-electron chi connectivity index (χ1n) is 5.62. The minimum Gasteiger partial charge on any atom is -0.463 e. The van der Waals surface area contributed by atoms with E-state index in [1.807, 2.05) is 0 Å². The predicted octanol–water partition coefficient (Wildman–Crippen LogP) is 1.30. The molecule has 9 heteroatoms. The number of methoxy groups -OCH3 is 1. The van der Waals surface area contributed by atoms with Crippen molar-refractivity contribution >= 4 is 5.97 Å². The number of rotatable bonds is 6. The molecule has 19 heavy (non-hydrogen) atoms. The summed E-state index contributed by atoms with van der Waals surface area (Å²) in [6.07, 6.45) is -2.50. The summed E-state index contributed by atoms with van der Waals surface area (Å²) in [5.74, 6) is -0.900. The molecular formula is C10H15F3N4O2. The molecule has 0 aromatic carbocycles. The molecule has 1 rings (SSSR count). The zero-order valence-electron chi connectivity index (χ0n) is 10.6. The van der Waals surface area contributed by atoms with E-state index in [1.54, 1.807) is 6.92 Å². The van der Waals surface area contributed by atoms with Gasteiger partial charge in [-0.3, -0.25) is 4.90 Å². The highest BCUT2D eigenvalue weighted by Crippen LogP contribution is 2.17. The van der Waals surface area contributed by atoms with E-state index in [9.17, 15) is 18.0 Å². The molecule has 0 amide bonds. The first-order valence-corrected chi connectivity index (χ1v) is 5.62. The lowest BCUT2D eigenvalue weighted by atomic mass is 10.4. The van der Waals surface area contributed by atoms with E-state index < -0.39 is 18.7 Å². The Morgan fingerprint density at radius 3 is 2.74 bits per heavy atom. The van der Waals surface area contributed by atoms with Crippen LogP contribution in [0.5, 0.6) is 0 Å². The molecule has 6 nitrogen and oxygen atoms in total. The van der Waals surface area contributed by atoms with Crippen LogP contribution in [0.3, 0.4) is 0 Å². The zero-order chi connectivity index (χ0) is 14.5. The quantitative estimate of drug-likeness (QED) is 0.735. The minimum absolute atomic E-state index is 0.0860. The number of hydrogen-bond acceptors (Lipinski definition) is 5. The van der Waals surface area contributed by atoms with Crippen molar-refractivity contribution in [1.29, 1.82) is 0 Å². The van der Waals surface area contributed by atoms with Crippen LogP contribution < -0.4 is 0 Å². The Hall–Kier alpha value is -1.64. The van der Waals surface area contributed by atoms with Gasteiger partial charge in [0, 0.05) is 0 Å². The number of nitrogens with zero attached hydrogens (tertiary/aromatic N) is 4. The first kappa shape index (κ1) is 15.4. The van der Waals surface area contributed by atoms with E-state index in [4.69, 9.17) is 0 Å². The van der Waals surface area contributed by atoms with Crippen molar-refractivity contribution in [2.75, 3.05) is 20.2 Å². The first-order chi connectivity index (χ1) is 8.85. The Balaban J connectivity index is 2.68. The second-order valence-corrected chi connectivity index (χ2v) is 3.91. The molecule has 0 atom stereocenters. The Morgan fingerprint density at radius 2 is 2.21 bits per heavy atom. The Kier molecular flexibility index (Phi) is 5.28. The Labute approximate surface area is 108 Å². The van der Waals surface area contributed by atoms with Crippen LogP contribution in [-0.2, 0) is 11.4 Å². The smallest absolute Gasteiger partial charge is 0.401 e. The maximum atomic E-state index is 12.4. The SMILES string of the molecule is CCCN(Cn1cnc(C(=O)OC)n1)CC(F)(F)F. The predicted molar refractivity (Wildman–Crippen MR) is 59.3 cm³/mol. The highest BCUT2D eigenvalue weighted by Gasteiger charge is 2.30. The fraction of sp³-hybridized carbons (Fsp3) is 0.700. The Bertz CT molecular complexity index is 419. The van der Waals surface area contributed by atoms with Crippen molar-refractivity contribution in [3.05, 3.63) is 12.2 Å². The van der Waals surface area contributed by atoms with Crippen LogP contribution in [0.1, 0.15) is 24.0 Å². The molecule has 1 heterocycles. The van der Waals surface area contributed by atoms with Gasteiger partial charge in [0.2, 0.25) is 0 Å². The summed E-state index contributed by atoms with van der Waals surface area (Å²) in [6, 6.07) is 0. The largest absolute Gasteiger partial charge is 0.463 e. The molecule has 0 saturated heterocycles. The lowest BCUT2D eigenvalue weighted by molar-refractivity contribution is -0.149. The lowest BCUT2D eigenvalue weighted by Crippen LogP contribution is -2.36. The summed E-state index contributed by atoms with van der Waals surface area (Å²) in [5.41, 5.74) is 0. The number of hydrogen-bond donors (Lipinski definition) is 0. The van der Waals surface area contributed by atoms with Gasteiger partial charge in [0.25, 0.3) is 5.82 Å². The van der Waals surface area contributed by atoms with Crippen molar-refractivity contribution in [2.45, 2.75) is 26.2 Å². The molecule has 0 unspecified atom stereocenters. The zero-order valence-corrected chi connectivity index (χ0v) is 10.6. The number of halogens is 3. The molecule has 1 aromatic heterocycles. The molecule has 1 aromatic rings. The molecule has 0 spiro atoms. The molecule has 0 bridgehead atoms. The Morgan fingerprint density at radius 1 is 1.53 bits per heavy atom. The van der Waals surface area contributed by atoms with E-state index in [0.29, 0.717) is 6.42 Å². The molecular weight excluding hydrogens is 265 g/mol. The van der Waals surface area contributed by atoms with Gasteiger partial charge < -0.3 is 4.74 Å². The van der Waals surface area contributed by atoms with Gasteiger partial charge in [0.1, 0.15) is 6.33 Å².